The maximum absolute atomic E-state index is 12.8. The van der Waals surface area contributed by atoms with Gasteiger partial charge in [-0.05, 0) is 42.5 Å². The number of thiophene rings is 1. The predicted octanol–water partition coefficient (Wildman–Crippen LogP) is 3.40. The summed E-state index contributed by atoms with van der Waals surface area (Å²) in [6.45, 7) is 2.31. The zero-order valence-corrected chi connectivity index (χ0v) is 16.9. The molecule has 0 unspecified atom stereocenters. The number of hydrogen-bond donors (Lipinski definition) is 2. The molecule has 1 aliphatic heterocycles. The molecule has 10 heteroatoms. The van der Waals surface area contributed by atoms with Crippen molar-refractivity contribution in [2.24, 2.45) is 0 Å². The molecule has 0 spiro atoms. The van der Waals surface area contributed by atoms with Crippen molar-refractivity contribution in [3.8, 4) is 0 Å². The molecule has 2 N–H and O–H groups in total. The number of amides is 2. The van der Waals surface area contributed by atoms with Crippen LogP contribution in [0.4, 0.5) is 11.4 Å². The van der Waals surface area contributed by atoms with Crippen LogP contribution in [0.2, 0.25) is 5.02 Å². The lowest BCUT2D eigenvalue weighted by molar-refractivity contribution is -0.114. The number of carbonyl (C=O) groups excluding carboxylic acids is 2. The topological polar surface area (TPSA) is 95.6 Å². The van der Waals surface area contributed by atoms with Gasteiger partial charge in [0.05, 0.1) is 10.7 Å². The molecule has 2 heterocycles. The first-order valence-corrected chi connectivity index (χ1v) is 10.9. The molecule has 0 radical (unpaired) electrons. The monoisotopic (exact) mass is 427 g/mol. The maximum Gasteiger partial charge on any atom is 0.267 e. The Bertz CT molecular complexity index is 982. The lowest BCUT2D eigenvalue weighted by Gasteiger charge is -2.16. The van der Waals surface area contributed by atoms with Crippen molar-refractivity contribution in [1.82, 2.24) is 4.31 Å². The van der Waals surface area contributed by atoms with E-state index >= 15 is 0 Å². The number of sulfonamides is 1. The summed E-state index contributed by atoms with van der Waals surface area (Å²) in [7, 11) is -3.69. The fraction of sp³-hybridized carbons (Fsp3) is 0.294. The van der Waals surface area contributed by atoms with Crippen molar-refractivity contribution in [2.45, 2.75) is 24.7 Å². The highest BCUT2D eigenvalue weighted by Crippen LogP contribution is 2.30. The first-order chi connectivity index (χ1) is 12.8. The van der Waals surface area contributed by atoms with Crippen LogP contribution in [0.1, 0.15) is 29.4 Å². The third-order valence-electron chi connectivity index (χ3n) is 4.06. The highest BCUT2D eigenvalue weighted by molar-refractivity contribution is 7.89. The van der Waals surface area contributed by atoms with Crippen LogP contribution in [-0.4, -0.2) is 37.6 Å². The summed E-state index contributed by atoms with van der Waals surface area (Å²) >= 11 is 7.22. The van der Waals surface area contributed by atoms with Crippen LogP contribution >= 0.6 is 22.9 Å². The second-order valence-electron chi connectivity index (χ2n) is 6.06. The van der Waals surface area contributed by atoms with E-state index in [9.17, 15) is 18.0 Å². The lowest BCUT2D eigenvalue weighted by atomic mass is 10.2. The molecule has 2 aromatic rings. The summed E-state index contributed by atoms with van der Waals surface area (Å²) in [5.74, 6) is -0.782. The summed E-state index contributed by atoms with van der Waals surface area (Å²) < 4.78 is 27.0. The van der Waals surface area contributed by atoms with Gasteiger partial charge in [-0.25, -0.2) is 8.42 Å². The van der Waals surface area contributed by atoms with E-state index in [4.69, 9.17) is 11.6 Å². The minimum absolute atomic E-state index is 0.0119. The molecular weight excluding hydrogens is 410 g/mol. The highest BCUT2D eigenvalue weighted by atomic mass is 35.5. The summed E-state index contributed by atoms with van der Waals surface area (Å²) in [5.41, 5.74) is 0.826. The number of hydrogen-bond acceptors (Lipinski definition) is 5. The van der Waals surface area contributed by atoms with Crippen molar-refractivity contribution in [3.63, 3.8) is 0 Å². The minimum Gasteiger partial charge on any atom is -0.326 e. The second-order valence-corrected chi connectivity index (χ2v) is 9.28. The Balaban J connectivity index is 1.82. The van der Waals surface area contributed by atoms with E-state index in [1.807, 2.05) is 0 Å². The molecular formula is C17H18ClN3O4S2. The Labute approximate surface area is 166 Å². The number of carbonyl (C=O) groups is 2. The Hall–Kier alpha value is -1.94. The van der Waals surface area contributed by atoms with Crippen molar-refractivity contribution in [1.29, 1.82) is 0 Å². The Morgan fingerprint density at radius 3 is 2.48 bits per heavy atom. The summed E-state index contributed by atoms with van der Waals surface area (Å²) in [6.07, 6.45) is 1.64. The third-order valence-corrected chi connectivity index (χ3v) is 7.35. The van der Waals surface area contributed by atoms with E-state index in [2.05, 4.69) is 10.6 Å². The summed E-state index contributed by atoms with van der Waals surface area (Å²) in [4.78, 5) is 23.9. The van der Waals surface area contributed by atoms with Gasteiger partial charge in [-0.1, -0.05) is 11.6 Å². The Morgan fingerprint density at radius 2 is 1.85 bits per heavy atom. The maximum atomic E-state index is 12.8. The Kier molecular flexibility index (Phi) is 5.85. The van der Waals surface area contributed by atoms with Gasteiger partial charge in [-0.2, -0.15) is 4.31 Å². The van der Waals surface area contributed by atoms with E-state index in [0.29, 0.717) is 24.5 Å². The van der Waals surface area contributed by atoms with Crippen molar-refractivity contribution < 1.29 is 18.0 Å². The number of rotatable bonds is 5. The standard InChI is InChI=1S/C17H18ClN3O4S2/c1-11(22)19-12-4-5-14(13(18)10-12)20-17(23)16-15(6-9-26-16)27(24,25)21-7-2-3-8-21/h4-6,9-10H,2-3,7-8H2,1H3,(H,19,22)(H,20,23). The molecule has 0 aliphatic carbocycles. The predicted molar refractivity (Wildman–Crippen MR) is 106 cm³/mol. The van der Waals surface area contributed by atoms with Crippen LogP contribution in [0.3, 0.4) is 0 Å². The fourth-order valence-electron chi connectivity index (χ4n) is 2.81. The number of anilines is 2. The van der Waals surface area contributed by atoms with Crippen LogP contribution in [-0.2, 0) is 14.8 Å². The van der Waals surface area contributed by atoms with Gasteiger partial charge in [0.1, 0.15) is 9.77 Å². The SMILES string of the molecule is CC(=O)Nc1ccc(NC(=O)c2sccc2S(=O)(=O)N2CCCC2)c(Cl)c1. The van der Waals surface area contributed by atoms with Crippen molar-refractivity contribution in [2.75, 3.05) is 23.7 Å². The van der Waals surface area contributed by atoms with E-state index < -0.39 is 15.9 Å². The van der Waals surface area contributed by atoms with Crippen LogP contribution < -0.4 is 10.6 Å². The summed E-state index contributed by atoms with van der Waals surface area (Å²) in [5, 5.41) is 7.05. The molecule has 1 aromatic heterocycles. The van der Waals surface area contributed by atoms with Gasteiger partial charge < -0.3 is 10.6 Å². The van der Waals surface area contributed by atoms with Gasteiger partial charge in [-0.3, -0.25) is 9.59 Å². The fourth-order valence-corrected chi connectivity index (χ4v) is 5.85. The zero-order chi connectivity index (χ0) is 19.6. The quantitative estimate of drug-likeness (QED) is 0.764. The zero-order valence-electron chi connectivity index (χ0n) is 14.5. The smallest absolute Gasteiger partial charge is 0.267 e. The molecule has 1 fully saturated rings. The molecule has 1 aromatic carbocycles. The second kappa shape index (κ2) is 7.97. The van der Waals surface area contributed by atoms with Gasteiger partial charge in [0, 0.05) is 25.7 Å². The third kappa shape index (κ3) is 4.32. The van der Waals surface area contributed by atoms with Crippen molar-refractivity contribution in [3.05, 3.63) is 39.5 Å². The molecule has 27 heavy (non-hydrogen) atoms. The largest absolute Gasteiger partial charge is 0.326 e. The lowest BCUT2D eigenvalue weighted by Crippen LogP contribution is -2.29. The summed E-state index contributed by atoms with van der Waals surface area (Å²) in [6, 6.07) is 6.11. The first kappa shape index (κ1) is 19.8. The number of nitrogens with zero attached hydrogens (tertiary/aromatic N) is 1. The van der Waals surface area contributed by atoms with Gasteiger partial charge in [-0.15, -0.1) is 11.3 Å². The van der Waals surface area contributed by atoms with E-state index in [-0.39, 0.29) is 20.7 Å². The van der Waals surface area contributed by atoms with Crippen LogP contribution in [0, 0.1) is 0 Å². The van der Waals surface area contributed by atoms with E-state index in [1.54, 1.807) is 17.5 Å². The molecule has 2 amide bonds. The molecule has 1 saturated heterocycles. The van der Waals surface area contributed by atoms with Gasteiger partial charge in [0.25, 0.3) is 5.91 Å². The molecule has 0 atom stereocenters. The van der Waals surface area contributed by atoms with Gasteiger partial charge in [0.2, 0.25) is 15.9 Å². The Morgan fingerprint density at radius 1 is 1.15 bits per heavy atom. The number of benzene rings is 1. The average Bonchev–Trinajstić information content (AvgIpc) is 3.28. The van der Waals surface area contributed by atoms with Crippen molar-refractivity contribution >= 4 is 56.2 Å². The minimum atomic E-state index is -3.69. The van der Waals surface area contributed by atoms with E-state index in [1.165, 1.54) is 23.4 Å². The molecule has 0 saturated carbocycles. The normalized spacial score (nSPS) is 14.9. The highest BCUT2D eigenvalue weighted by Gasteiger charge is 2.31. The van der Waals surface area contributed by atoms with Crippen LogP contribution in [0.15, 0.2) is 34.5 Å². The van der Waals surface area contributed by atoms with Crippen LogP contribution in [0.25, 0.3) is 0 Å². The number of halogens is 1. The average molecular weight is 428 g/mol. The van der Waals surface area contributed by atoms with Gasteiger partial charge >= 0.3 is 0 Å². The molecule has 3 rings (SSSR count). The molecule has 1 aliphatic rings. The van der Waals surface area contributed by atoms with Crippen LogP contribution in [0.5, 0.6) is 0 Å². The number of nitrogens with one attached hydrogen (secondary N) is 2. The molecule has 7 nitrogen and oxygen atoms in total. The first-order valence-electron chi connectivity index (χ1n) is 8.25. The van der Waals surface area contributed by atoms with Gasteiger partial charge in [0.15, 0.2) is 0 Å². The van der Waals surface area contributed by atoms with E-state index in [0.717, 1.165) is 24.2 Å². The molecule has 144 valence electrons. The molecule has 0 bridgehead atoms.